The molecule has 0 atom stereocenters. The maximum atomic E-state index is 13.0. The molecular weight excluding hydrogens is 400 g/mol. The van der Waals surface area contributed by atoms with Crippen LogP contribution in [0.25, 0.3) is 0 Å². The van der Waals surface area contributed by atoms with E-state index in [-0.39, 0.29) is 6.03 Å². The van der Waals surface area contributed by atoms with Crippen LogP contribution < -0.4 is 14.8 Å². The summed E-state index contributed by atoms with van der Waals surface area (Å²) >= 11 is 0. The number of nitrogens with zero attached hydrogens (tertiary/aromatic N) is 1. The number of amides is 2. The van der Waals surface area contributed by atoms with Crippen LogP contribution in [0.5, 0.6) is 11.5 Å². The molecule has 0 aliphatic heterocycles. The molecule has 0 heterocycles. The highest BCUT2D eigenvalue weighted by molar-refractivity contribution is 5.89. The third-order valence-corrected chi connectivity index (χ3v) is 4.81. The predicted molar refractivity (Wildman–Crippen MR) is 129 cm³/mol. The van der Waals surface area contributed by atoms with Crippen LogP contribution in [-0.4, -0.2) is 24.1 Å². The van der Waals surface area contributed by atoms with E-state index in [4.69, 9.17) is 9.47 Å². The molecule has 32 heavy (non-hydrogen) atoms. The molecule has 0 unspecified atom stereocenters. The highest BCUT2D eigenvalue weighted by Crippen LogP contribution is 2.19. The van der Waals surface area contributed by atoms with E-state index < -0.39 is 0 Å². The Balaban J connectivity index is 1.64. The summed E-state index contributed by atoms with van der Waals surface area (Å²) in [6.45, 7) is 8.44. The van der Waals surface area contributed by atoms with Crippen LogP contribution in [0.2, 0.25) is 0 Å². The molecule has 2 amide bonds. The van der Waals surface area contributed by atoms with Crippen LogP contribution in [0.15, 0.2) is 78.9 Å². The van der Waals surface area contributed by atoms with Crippen molar-refractivity contribution in [2.45, 2.75) is 33.9 Å². The fourth-order valence-electron chi connectivity index (χ4n) is 3.36. The first kappa shape index (κ1) is 23.2. The van der Waals surface area contributed by atoms with Gasteiger partial charge in [-0.1, -0.05) is 56.3 Å². The maximum Gasteiger partial charge on any atom is 0.322 e. The van der Waals surface area contributed by atoms with E-state index in [2.05, 4.69) is 19.2 Å². The van der Waals surface area contributed by atoms with Gasteiger partial charge in [-0.15, -0.1) is 0 Å². The minimum absolute atomic E-state index is 0.126. The second-order valence-corrected chi connectivity index (χ2v) is 8.08. The molecule has 0 aromatic heterocycles. The number of benzene rings is 3. The topological polar surface area (TPSA) is 50.8 Å². The van der Waals surface area contributed by atoms with E-state index in [1.165, 1.54) is 0 Å². The van der Waals surface area contributed by atoms with Gasteiger partial charge in [0, 0.05) is 18.8 Å². The zero-order chi connectivity index (χ0) is 22.8. The lowest BCUT2D eigenvalue weighted by Crippen LogP contribution is -2.37. The minimum Gasteiger partial charge on any atom is -0.494 e. The van der Waals surface area contributed by atoms with E-state index in [0.717, 1.165) is 28.3 Å². The minimum atomic E-state index is -0.126. The fraction of sp³-hybridized carbons (Fsp3) is 0.296. The highest BCUT2D eigenvalue weighted by atomic mass is 16.5. The highest BCUT2D eigenvalue weighted by Gasteiger charge is 2.16. The van der Waals surface area contributed by atoms with Gasteiger partial charge in [0.1, 0.15) is 18.1 Å². The molecule has 0 radical (unpaired) electrons. The van der Waals surface area contributed by atoms with Crippen molar-refractivity contribution in [1.82, 2.24) is 4.90 Å². The number of nitrogens with one attached hydrogen (secondary N) is 1. The number of rotatable bonds is 10. The Morgan fingerprint density at radius 2 is 1.59 bits per heavy atom. The quantitative estimate of drug-likeness (QED) is 0.406. The number of anilines is 1. The molecule has 168 valence electrons. The smallest absolute Gasteiger partial charge is 0.322 e. The van der Waals surface area contributed by atoms with Gasteiger partial charge in [-0.05, 0) is 60.4 Å². The van der Waals surface area contributed by atoms with Crippen LogP contribution in [0.1, 0.15) is 31.9 Å². The van der Waals surface area contributed by atoms with Gasteiger partial charge in [0.25, 0.3) is 0 Å². The molecule has 0 fully saturated rings. The number of hydrogen-bond donors (Lipinski definition) is 1. The molecule has 5 heteroatoms. The number of carbonyl (C=O) groups excluding carboxylic acids is 1. The van der Waals surface area contributed by atoms with Crippen LogP contribution in [0, 0.1) is 5.92 Å². The first-order chi connectivity index (χ1) is 15.5. The summed E-state index contributed by atoms with van der Waals surface area (Å²) < 4.78 is 11.4. The van der Waals surface area contributed by atoms with Gasteiger partial charge in [-0.3, -0.25) is 0 Å². The van der Waals surface area contributed by atoms with Crippen molar-refractivity contribution in [2.75, 3.05) is 18.5 Å². The van der Waals surface area contributed by atoms with E-state index in [1.807, 2.05) is 90.7 Å². The van der Waals surface area contributed by atoms with E-state index in [1.54, 1.807) is 0 Å². The summed E-state index contributed by atoms with van der Waals surface area (Å²) in [5, 5.41) is 3.00. The van der Waals surface area contributed by atoms with Gasteiger partial charge in [0.05, 0.1) is 6.61 Å². The largest absolute Gasteiger partial charge is 0.494 e. The van der Waals surface area contributed by atoms with E-state index in [0.29, 0.717) is 32.2 Å². The average Bonchev–Trinajstić information content (AvgIpc) is 2.79. The Morgan fingerprint density at radius 1 is 0.875 bits per heavy atom. The lowest BCUT2D eigenvalue weighted by molar-refractivity contribution is 0.201. The monoisotopic (exact) mass is 432 g/mol. The predicted octanol–water partition coefficient (Wildman–Crippen LogP) is 6.35. The Hall–Kier alpha value is -3.47. The van der Waals surface area contributed by atoms with Crippen molar-refractivity contribution in [2.24, 2.45) is 5.92 Å². The normalized spacial score (nSPS) is 10.6. The first-order valence-electron chi connectivity index (χ1n) is 11.1. The lowest BCUT2D eigenvalue weighted by Gasteiger charge is -2.25. The van der Waals surface area contributed by atoms with Crippen LogP contribution >= 0.6 is 0 Å². The second kappa shape index (κ2) is 11.8. The van der Waals surface area contributed by atoms with Crippen molar-refractivity contribution >= 4 is 11.7 Å². The number of urea groups is 1. The fourth-order valence-corrected chi connectivity index (χ4v) is 3.36. The van der Waals surface area contributed by atoms with Crippen molar-refractivity contribution in [3.63, 3.8) is 0 Å². The van der Waals surface area contributed by atoms with Crippen molar-refractivity contribution < 1.29 is 14.3 Å². The average molecular weight is 433 g/mol. The van der Waals surface area contributed by atoms with Gasteiger partial charge >= 0.3 is 6.03 Å². The SMILES string of the molecule is CCOc1ccc(NC(=O)N(Cc2cccc(OCc3ccccc3)c2)CC(C)C)cc1. The van der Waals surface area contributed by atoms with Gasteiger partial charge in [0.2, 0.25) is 0 Å². The van der Waals surface area contributed by atoms with Gasteiger partial charge in [-0.25, -0.2) is 4.79 Å². The second-order valence-electron chi connectivity index (χ2n) is 8.08. The maximum absolute atomic E-state index is 13.0. The summed E-state index contributed by atoms with van der Waals surface area (Å²) in [4.78, 5) is 14.8. The Morgan fingerprint density at radius 3 is 2.28 bits per heavy atom. The summed E-state index contributed by atoms with van der Waals surface area (Å²) in [5.41, 5.74) is 2.89. The van der Waals surface area contributed by atoms with Gasteiger partial charge in [-0.2, -0.15) is 0 Å². The van der Waals surface area contributed by atoms with Crippen molar-refractivity contribution in [1.29, 1.82) is 0 Å². The Bertz CT molecular complexity index is 972. The summed E-state index contributed by atoms with van der Waals surface area (Å²) in [7, 11) is 0. The molecule has 3 rings (SSSR count). The number of hydrogen-bond acceptors (Lipinski definition) is 3. The summed E-state index contributed by atoms with van der Waals surface area (Å²) in [6.07, 6.45) is 0. The third-order valence-electron chi connectivity index (χ3n) is 4.81. The zero-order valence-electron chi connectivity index (χ0n) is 19.1. The van der Waals surface area contributed by atoms with Crippen LogP contribution in [0.4, 0.5) is 10.5 Å². The lowest BCUT2D eigenvalue weighted by atomic mass is 10.1. The molecule has 0 aliphatic carbocycles. The Labute approximate surface area is 191 Å². The summed E-state index contributed by atoms with van der Waals surface area (Å²) in [5.74, 6) is 1.93. The zero-order valence-corrected chi connectivity index (χ0v) is 19.1. The van der Waals surface area contributed by atoms with Gasteiger partial charge in [0.15, 0.2) is 0 Å². The van der Waals surface area contributed by atoms with Crippen LogP contribution in [0.3, 0.4) is 0 Å². The van der Waals surface area contributed by atoms with E-state index in [9.17, 15) is 4.79 Å². The molecule has 3 aromatic carbocycles. The molecule has 1 N–H and O–H groups in total. The molecule has 5 nitrogen and oxygen atoms in total. The van der Waals surface area contributed by atoms with Crippen molar-refractivity contribution in [3.05, 3.63) is 90.0 Å². The molecule has 0 bridgehead atoms. The molecule has 0 saturated heterocycles. The van der Waals surface area contributed by atoms with Crippen molar-refractivity contribution in [3.8, 4) is 11.5 Å². The number of ether oxygens (including phenoxy) is 2. The van der Waals surface area contributed by atoms with E-state index >= 15 is 0 Å². The number of carbonyl (C=O) groups is 1. The molecule has 0 spiro atoms. The standard InChI is InChI=1S/C27H32N2O3/c1-4-31-25-15-13-24(14-16-25)28-27(30)29(18-21(2)3)19-23-11-8-12-26(17-23)32-20-22-9-6-5-7-10-22/h5-17,21H,4,18-20H2,1-3H3,(H,28,30). The van der Waals surface area contributed by atoms with Crippen LogP contribution in [-0.2, 0) is 13.2 Å². The third kappa shape index (κ3) is 7.34. The van der Waals surface area contributed by atoms with Gasteiger partial charge < -0.3 is 19.7 Å². The molecular formula is C27H32N2O3. The molecule has 3 aromatic rings. The Kier molecular flexibility index (Phi) is 8.55. The first-order valence-corrected chi connectivity index (χ1v) is 11.1. The summed E-state index contributed by atoms with van der Waals surface area (Å²) in [6, 6.07) is 25.3. The molecule has 0 aliphatic rings. The molecule has 0 saturated carbocycles.